The zero-order valence-corrected chi connectivity index (χ0v) is 20.5. The first kappa shape index (κ1) is 22.3. The number of halogens is 1. The molecule has 0 saturated carbocycles. The molecule has 1 aliphatic heterocycles. The number of aryl methyl sites for hydroxylation is 3. The van der Waals surface area contributed by atoms with Crippen LogP contribution in [0.4, 0.5) is 10.1 Å². The number of nitrogens with one attached hydrogen (secondary N) is 1. The smallest absolute Gasteiger partial charge is 0.174 e. The van der Waals surface area contributed by atoms with Crippen LogP contribution in [0.15, 0.2) is 72.9 Å². The molecule has 34 heavy (non-hydrogen) atoms. The van der Waals surface area contributed by atoms with Crippen LogP contribution in [0.2, 0.25) is 0 Å². The lowest BCUT2D eigenvalue weighted by Crippen LogP contribution is -2.29. The van der Waals surface area contributed by atoms with Gasteiger partial charge >= 0.3 is 0 Å². The molecule has 4 aromatic rings. The molecular formula is C28H27FN4S. The summed E-state index contributed by atoms with van der Waals surface area (Å²) in [5.74, 6) is -0.225. The van der Waals surface area contributed by atoms with Gasteiger partial charge in [0, 0.05) is 29.0 Å². The van der Waals surface area contributed by atoms with Crippen molar-refractivity contribution in [2.24, 2.45) is 0 Å². The van der Waals surface area contributed by atoms with E-state index in [1.807, 2.05) is 24.3 Å². The fourth-order valence-electron chi connectivity index (χ4n) is 4.98. The van der Waals surface area contributed by atoms with Crippen molar-refractivity contribution in [1.29, 1.82) is 0 Å². The Labute approximate surface area is 205 Å². The third-order valence-corrected chi connectivity index (χ3v) is 6.88. The maximum absolute atomic E-state index is 14.1. The van der Waals surface area contributed by atoms with Crippen molar-refractivity contribution in [1.82, 2.24) is 14.9 Å². The molecule has 1 fully saturated rings. The molecule has 0 bridgehead atoms. The van der Waals surface area contributed by atoms with Gasteiger partial charge in [0.25, 0.3) is 0 Å². The zero-order chi connectivity index (χ0) is 24.0. The number of aromatic nitrogens is 2. The van der Waals surface area contributed by atoms with Crippen molar-refractivity contribution in [2.75, 3.05) is 4.90 Å². The van der Waals surface area contributed by atoms with Crippen LogP contribution in [0.25, 0.3) is 5.69 Å². The van der Waals surface area contributed by atoms with Crippen LogP contribution < -0.4 is 10.2 Å². The number of pyridine rings is 1. The zero-order valence-electron chi connectivity index (χ0n) is 19.7. The first-order valence-electron chi connectivity index (χ1n) is 11.4. The van der Waals surface area contributed by atoms with Gasteiger partial charge in [-0.25, -0.2) is 4.39 Å². The van der Waals surface area contributed by atoms with Crippen molar-refractivity contribution in [2.45, 2.75) is 39.8 Å². The molecule has 3 heterocycles. The van der Waals surface area contributed by atoms with Crippen LogP contribution >= 0.6 is 12.2 Å². The van der Waals surface area contributed by atoms with Crippen LogP contribution in [0.5, 0.6) is 0 Å². The summed E-state index contributed by atoms with van der Waals surface area (Å²) < 4.78 is 16.4. The van der Waals surface area contributed by atoms with Crippen molar-refractivity contribution >= 4 is 23.0 Å². The average Bonchev–Trinajstić information content (AvgIpc) is 3.31. The number of hydrogen-bond acceptors (Lipinski definition) is 2. The molecule has 2 atom stereocenters. The van der Waals surface area contributed by atoms with Gasteiger partial charge in [-0.1, -0.05) is 18.2 Å². The third-order valence-electron chi connectivity index (χ3n) is 6.57. The van der Waals surface area contributed by atoms with E-state index in [1.54, 1.807) is 19.2 Å². The summed E-state index contributed by atoms with van der Waals surface area (Å²) in [5, 5.41) is 4.10. The summed E-state index contributed by atoms with van der Waals surface area (Å²) in [5.41, 5.74) is 8.15. The van der Waals surface area contributed by atoms with E-state index in [0.29, 0.717) is 10.7 Å². The molecule has 0 radical (unpaired) electrons. The van der Waals surface area contributed by atoms with E-state index >= 15 is 0 Å². The molecule has 6 heteroatoms. The van der Waals surface area contributed by atoms with E-state index in [9.17, 15) is 4.39 Å². The largest absolute Gasteiger partial charge is 0.351 e. The highest BCUT2D eigenvalue weighted by Crippen LogP contribution is 2.44. The van der Waals surface area contributed by atoms with Crippen molar-refractivity contribution in [3.8, 4) is 5.69 Å². The Morgan fingerprint density at radius 1 is 0.912 bits per heavy atom. The number of thiocarbonyl (C=S) groups is 1. The predicted octanol–water partition coefficient (Wildman–Crippen LogP) is 6.42. The first-order valence-corrected chi connectivity index (χ1v) is 11.8. The van der Waals surface area contributed by atoms with E-state index in [-0.39, 0.29) is 17.9 Å². The minimum absolute atomic E-state index is 0.142. The maximum atomic E-state index is 14.1. The maximum Gasteiger partial charge on any atom is 0.174 e. The van der Waals surface area contributed by atoms with Gasteiger partial charge in [-0.05, 0) is 105 Å². The summed E-state index contributed by atoms with van der Waals surface area (Å²) in [7, 11) is 0. The van der Waals surface area contributed by atoms with Gasteiger partial charge in [0.1, 0.15) is 5.82 Å². The third kappa shape index (κ3) is 3.78. The molecule has 0 unspecified atom stereocenters. The van der Waals surface area contributed by atoms with Gasteiger partial charge in [0.05, 0.1) is 17.8 Å². The molecule has 0 spiro atoms. The van der Waals surface area contributed by atoms with Gasteiger partial charge < -0.3 is 14.8 Å². The number of anilines is 1. The standard InChI is InChI=1S/C28H27FN4S/c1-17-8-7-9-21(14-17)32-19(3)16-23(20(32)4)27-26(25-10-5-6-13-30-25)31-28(34)33(27)22-11-12-24(29)18(2)15-22/h5-16,26-27H,1-4H3,(H,31,34)/t26-,27+/m0/s1. The van der Waals surface area contributed by atoms with Crippen molar-refractivity contribution in [3.05, 3.63) is 113 Å². The summed E-state index contributed by atoms with van der Waals surface area (Å²) in [4.78, 5) is 6.74. The molecule has 1 N–H and O–H groups in total. The summed E-state index contributed by atoms with van der Waals surface area (Å²) >= 11 is 5.83. The van der Waals surface area contributed by atoms with Crippen LogP contribution in [0, 0.1) is 33.5 Å². The predicted molar refractivity (Wildman–Crippen MR) is 139 cm³/mol. The average molecular weight is 471 g/mol. The Morgan fingerprint density at radius 2 is 1.74 bits per heavy atom. The van der Waals surface area contributed by atoms with E-state index in [0.717, 1.165) is 34.0 Å². The number of nitrogens with zero attached hydrogens (tertiary/aromatic N) is 3. The molecule has 1 saturated heterocycles. The van der Waals surface area contributed by atoms with Crippen molar-refractivity contribution in [3.63, 3.8) is 0 Å². The van der Waals surface area contributed by atoms with Crippen LogP contribution in [0.3, 0.4) is 0 Å². The lowest BCUT2D eigenvalue weighted by atomic mass is 9.96. The highest BCUT2D eigenvalue weighted by atomic mass is 32.1. The highest BCUT2D eigenvalue weighted by molar-refractivity contribution is 7.80. The van der Waals surface area contributed by atoms with E-state index in [2.05, 4.69) is 70.9 Å². The monoisotopic (exact) mass is 470 g/mol. The lowest BCUT2D eigenvalue weighted by Gasteiger charge is -2.28. The Kier molecular flexibility index (Phi) is 5.70. The fourth-order valence-corrected chi connectivity index (χ4v) is 5.33. The first-order chi connectivity index (χ1) is 16.3. The SMILES string of the molecule is Cc1cccc(-n2c(C)cc([C@@H]3[C@H](c4ccccn4)NC(=S)N3c3ccc(F)c(C)c3)c2C)c1. The van der Waals surface area contributed by atoms with Crippen LogP contribution in [0.1, 0.15) is 45.9 Å². The molecule has 0 aliphatic carbocycles. The molecule has 1 aliphatic rings. The second-order valence-corrected chi connectivity index (χ2v) is 9.32. The van der Waals surface area contributed by atoms with Gasteiger partial charge in [0.15, 0.2) is 5.11 Å². The second-order valence-electron chi connectivity index (χ2n) is 8.93. The molecule has 2 aromatic carbocycles. The van der Waals surface area contributed by atoms with Crippen LogP contribution in [-0.4, -0.2) is 14.7 Å². The molecule has 4 nitrogen and oxygen atoms in total. The summed E-state index contributed by atoms with van der Waals surface area (Å²) in [6.07, 6.45) is 1.80. The van der Waals surface area contributed by atoms with Gasteiger partial charge in [0.2, 0.25) is 0 Å². The Balaban J connectivity index is 1.69. The van der Waals surface area contributed by atoms with Gasteiger partial charge in [-0.15, -0.1) is 0 Å². The topological polar surface area (TPSA) is 33.1 Å². The molecule has 2 aromatic heterocycles. The molecular weight excluding hydrogens is 443 g/mol. The van der Waals surface area contributed by atoms with E-state index in [1.165, 1.54) is 11.6 Å². The fraction of sp³-hybridized carbons (Fsp3) is 0.214. The summed E-state index contributed by atoms with van der Waals surface area (Å²) in [6, 6.07) is 21.5. The van der Waals surface area contributed by atoms with Gasteiger partial charge in [-0.3, -0.25) is 4.98 Å². The highest BCUT2D eigenvalue weighted by Gasteiger charge is 2.42. The Bertz CT molecular complexity index is 1380. The number of hydrogen-bond donors (Lipinski definition) is 1. The molecule has 172 valence electrons. The van der Waals surface area contributed by atoms with Crippen LogP contribution in [-0.2, 0) is 0 Å². The number of rotatable bonds is 4. The Morgan fingerprint density at radius 3 is 2.44 bits per heavy atom. The Hall–Kier alpha value is -3.51. The molecule has 5 rings (SSSR count). The van der Waals surface area contributed by atoms with Gasteiger partial charge in [-0.2, -0.15) is 0 Å². The minimum Gasteiger partial charge on any atom is -0.351 e. The molecule has 0 amide bonds. The lowest BCUT2D eigenvalue weighted by molar-refractivity contribution is 0.564. The summed E-state index contributed by atoms with van der Waals surface area (Å²) in [6.45, 7) is 8.16. The number of benzene rings is 2. The quantitative estimate of drug-likeness (QED) is 0.349. The normalized spacial score (nSPS) is 17.8. The van der Waals surface area contributed by atoms with Crippen molar-refractivity contribution < 1.29 is 4.39 Å². The van der Waals surface area contributed by atoms with E-state index in [4.69, 9.17) is 12.2 Å². The minimum atomic E-state index is -0.225. The second kappa shape index (κ2) is 8.69. The van der Waals surface area contributed by atoms with E-state index < -0.39 is 0 Å².